The van der Waals surface area contributed by atoms with Crippen molar-refractivity contribution >= 4 is 0 Å². The summed E-state index contributed by atoms with van der Waals surface area (Å²) in [6.45, 7) is 15.5. The van der Waals surface area contributed by atoms with Crippen molar-refractivity contribution in [2.24, 2.45) is 5.41 Å². The molecule has 0 N–H and O–H groups in total. The molecule has 0 unspecified atom stereocenters. The zero-order valence-electron chi connectivity index (χ0n) is 17.2. The SMILES string of the molecule is C=C/C(=C\C=C/C)C(C(/C=C\C)=C/CC)(C(F)(F)F)C(F)(F)F.CC.CC. The summed E-state index contributed by atoms with van der Waals surface area (Å²) in [5, 5.41) is 0. The van der Waals surface area contributed by atoms with E-state index in [1.165, 1.54) is 26.8 Å². The van der Waals surface area contributed by atoms with Crippen molar-refractivity contribution in [1.29, 1.82) is 0 Å². The molecular weight excluding hydrogens is 366 g/mol. The fourth-order valence-electron chi connectivity index (χ4n) is 2.27. The van der Waals surface area contributed by atoms with Crippen LogP contribution in [-0.4, -0.2) is 12.4 Å². The monoisotopic (exact) mass is 398 g/mol. The lowest BCUT2D eigenvalue weighted by atomic mass is 9.71. The van der Waals surface area contributed by atoms with Gasteiger partial charge in [0.1, 0.15) is 0 Å². The number of rotatable bonds is 6. The zero-order chi connectivity index (χ0) is 22.3. The van der Waals surface area contributed by atoms with Crippen molar-refractivity contribution in [3.8, 4) is 0 Å². The van der Waals surface area contributed by atoms with Crippen LogP contribution in [0.25, 0.3) is 0 Å². The first kappa shape index (κ1) is 30.0. The summed E-state index contributed by atoms with van der Waals surface area (Å²) in [6.07, 6.45) is -4.31. The molecular formula is C21H32F6. The summed E-state index contributed by atoms with van der Waals surface area (Å²) in [4.78, 5) is 0. The second-order valence-corrected chi connectivity index (χ2v) is 4.67. The normalized spacial score (nSPS) is 13.8. The summed E-state index contributed by atoms with van der Waals surface area (Å²) >= 11 is 0. The lowest BCUT2D eigenvalue weighted by Crippen LogP contribution is -2.52. The van der Waals surface area contributed by atoms with Crippen molar-refractivity contribution in [1.82, 2.24) is 0 Å². The van der Waals surface area contributed by atoms with Gasteiger partial charge in [-0.2, -0.15) is 26.3 Å². The van der Waals surface area contributed by atoms with E-state index in [1.54, 1.807) is 0 Å². The first-order valence-corrected chi connectivity index (χ1v) is 8.97. The van der Waals surface area contributed by atoms with E-state index in [4.69, 9.17) is 0 Å². The quantitative estimate of drug-likeness (QED) is 0.310. The Kier molecular flexibility index (Phi) is 16.0. The molecule has 0 saturated carbocycles. The van der Waals surface area contributed by atoms with Crippen LogP contribution in [0, 0.1) is 5.41 Å². The summed E-state index contributed by atoms with van der Waals surface area (Å²) < 4.78 is 82.3. The van der Waals surface area contributed by atoms with Gasteiger partial charge in [-0.05, 0) is 31.4 Å². The highest BCUT2D eigenvalue weighted by atomic mass is 19.4. The Balaban J connectivity index is -0.00000134. The Morgan fingerprint density at radius 3 is 1.52 bits per heavy atom. The Labute approximate surface area is 160 Å². The van der Waals surface area contributed by atoms with Crippen LogP contribution in [0.2, 0.25) is 0 Å². The number of hydrogen-bond acceptors (Lipinski definition) is 0. The molecule has 0 bridgehead atoms. The van der Waals surface area contributed by atoms with Crippen molar-refractivity contribution in [2.75, 3.05) is 0 Å². The Hall–Kier alpha value is -1.72. The van der Waals surface area contributed by atoms with Crippen LogP contribution in [-0.2, 0) is 0 Å². The van der Waals surface area contributed by atoms with E-state index in [0.717, 1.165) is 30.4 Å². The van der Waals surface area contributed by atoms with Gasteiger partial charge in [0.25, 0.3) is 0 Å². The predicted octanol–water partition coefficient (Wildman–Crippen LogP) is 8.75. The maximum absolute atomic E-state index is 13.7. The highest BCUT2D eigenvalue weighted by molar-refractivity contribution is 5.46. The second-order valence-electron chi connectivity index (χ2n) is 4.67. The van der Waals surface area contributed by atoms with Crippen LogP contribution >= 0.6 is 0 Å². The molecule has 0 radical (unpaired) electrons. The smallest absolute Gasteiger partial charge is 0.169 e. The highest BCUT2D eigenvalue weighted by Crippen LogP contribution is 2.60. The predicted molar refractivity (Wildman–Crippen MR) is 104 cm³/mol. The number of halogens is 6. The molecule has 158 valence electrons. The topological polar surface area (TPSA) is 0 Å². The molecule has 0 aromatic rings. The van der Waals surface area contributed by atoms with Crippen LogP contribution in [0.3, 0.4) is 0 Å². The van der Waals surface area contributed by atoms with Gasteiger partial charge >= 0.3 is 12.4 Å². The van der Waals surface area contributed by atoms with Gasteiger partial charge in [-0.3, -0.25) is 0 Å². The van der Waals surface area contributed by atoms with Gasteiger partial charge in [0.2, 0.25) is 5.41 Å². The molecule has 0 nitrogen and oxygen atoms in total. The molecule has 0 aliphatic heterocycles. The fraction of sp³-hybridized carbons (Fsp3) is 0.524. The number of alkyl halides is 6. The van der Waals surface area contributed by atoms with E-state index in [-0.39, 0.29) is 6.42 Å². The molecule has 0 atom stereocenters. The van der Waals surface area contributed by atoms with Crippen LogP contribution in [0.5, 0.6) is 0 Å². The maximum atomic E-state index is 13.7. The second kappa shape index (κ2) is 14.4. The lowest BCUT2D eigenvalue weighted by Gasteiger charge is -2.39. The van der Waals surface area contributed by atoms with Gasteiger partial charge in [-0.25, -0.2) is 0 Å². The minimum absolute atomic E-state index is 0.0294. The molecule has 0 rings (SSSR count). The van der Waals surface area contributed by atoms with E-state index in [0.29, 0.717) is 6.08 Å². The lowest BCUT2D eigenvalue weighted by molar-refractivity contribution is -0.308. The minimum Gasteiger partial charge on any atom is -0.169 e. The average molecular weight is 398 g/mol. The third-order valence-electron chi connectivity index (χ3n) is 3.17. The van der Waals surface area contributed by atoms with E-state index < -0.39 is 28.9 Å². The number of hydrogen-bond donors (Lipinski definition) is 0. The minimum atomic E-state index is -5.58. The largest absolute Gasteiger partial charge is 0.411 e. The molecule has 27 heavy (non-hydrogen) atoms. The van der Waals surface area contributed by atoms with E-state index in [9.17, 15) is 26.3 Å². The van der Waals surface area contributed by atoms with Gasteiger partial charge < -0.3 is 0 Å². The molecule has 0 aromatic carbocycles. The van der Waals surface area contributed by atoms with Crippen LogP contribution in [0.1, 0.15) is 54.9 Å². The summed E-state index contributed by atoms with van der Waals surface area (Å²) in [5.41, 5.74) is -5.95. The Morgan fingerprint density at radius 1 is 0.815 bits per heavy atom. The molecule has 0 amide bonds. The van der Waals surface area contributed by atoms with E-state index in [2.05, 4.69) is 6.58 Å². The molecule has 0 fully saturated rings. The third kappa shape index (κ3) is 7.43. The Morgan fingerprint density at radius 2 is 1.26 bits per heavy atom. The molecule has 0 spiro atoms. The van der Waals surface area contributed by atoms with Crippen LogP contribution < -0.4 is 0 Å². The van der Waals surface area contributed by atoms with Crippen LogP contribution in [0.4, 0.5) is 26.3 Å². The van der Waals surface area contributed by atoms with Crippen molar-refractivity contribution < 1.29 is 26.3 Å². The molecule has 6 heteroatoms. The molecule has 0 saturated heterocycles. The molecule has 0 aliphatic rings. The van der Waals surface area contributed by atoms with Crippen molar-refractivity contribution in [3.63, 3.8) is 0 Å². The standard InChI is InChI=1S/C17H20F6.2C2H6/c1-5-9-12-13(8-4)15(16(18,19)20,17(21,22)23)14(10-6-2)11-7-3;2*1-2/h5-6,8-12H,4,7H2,1-3H3;2*1-2H3/b9-5-,10-6-,13-12+,14-11+;;. The summed E-state index contributed by atoms with van der Waals surface area (Å²) in [6, 6.07) is 0. The van der Waals surface area contributed by atoms with E-state index in [1.807, 2.05) is 27.7 Å². The van der Waals surface area contributed by atoms with Crippen molar-refractivity contribution in [3.05, 3.63) is 60.3 Å². The van der Waals surface area contributed by atoms with Crippen molar-refractivity contribution in [2.45, 2.75) is 67.2 Å². The third-order valence-corrected chi connectivity index (χ3v) is 3.17. The summed E-state index contributed by atoms with van der Waals surface area (Å²) in [7, 11) is 0. The van der Waals surface area contributed by atoms with Gasteiger partial charge in [-0.1, -0.05) is 83.7 Å². The average Bonchev–Trinajstić information content (AvgIpc) is 2.59. The van der Waals surface area contributed by atoms with Gasteiger partial charge in [0.15, 0.2) is 0 Å². The first-order chi connectivity index (χ1) is 12.5. The highest BCUT2D eigenvalue weighted by Gasteiger charge is 2.73. The maximum Gasteiger partial charge on any atom is 0.411 e. The summed E-state index contributed by atoms with van der Waals surface area (Å²) in [5.74, 6) is 0. The zero-order valence-corrected chi connectivity index (χ0v) is 17.2. The molecule has 0 aliphatic carbocycles. The van der Waals surface area contributed by atoms with Gasteiger partial charge in [0.05, 0.1) is 0 Å². The molecule has 0 aromatic heterocycles. The number of allylic oxidation sites excluding steroid dienone is 9. The molecule has 0 heterocycles. The first-order valence-electron chi connectivity index (χ1n) is 8.97. The Bertz CT molecular complexity index is 500. The van der Waals surface area contributed by atoms with Gasteiger partial charge in [0, 0.05) is 0 Å². The fourth-order valence-corrected chi connectivity index (χ4v) is 2.27. The van der Waals surface area contributed by atoms with E-state index >= 15 is 0 Å². The van der Waals surface area contributed by atoms with Gasteiger partial charge in [-0.15, -0.1) is 0 Å². The van der Waals surface area contributed by atoms with Crippen LogP contribution in [0.15, 0.2) is 60.3 Å².